The van der Waals surface area contributed by atoms with Crippen molar-refractivity contribution in [3.05, 3.63) is 17.3 Å². The second kappa shape index (κ2) is 4.36. The van der Waals surface area contributed by atoms with Crippen LogP contribution in [0.2, 0.25) is 5.15 Å². The Hall–Kier alpha value is -1.41. The lowest BCUT2D eigenvalue weighted by Crippen LogP contribution is -2.28. The van der Waals surface area contributed by atoms with Crippen molar-refractivity contribution in [2.45, 2.75) is 11.7 Å². The summed E-state index contributed by atoms with van der Waals surface area (Å²) in [6.07, 6.45) is -0.424. The largest absolute Gasteiger partial charge is 0.396 e. The third-order valence-corrected chi connectivity index (χ3v) is 3.94. The van der Waals surface area contributed by atoms with E-state index in [-0.39, 0.29) is 23.2 Å². The highest BCUT2D eigenvalue weighted by Crippen LogP contribution is 2.29. The minimum absolute atomic E-state index is 0.0543. The fourth-order valence-electron chi connectivity index (χ4n) is 1.72. The Morgan fingerprint density at radius 3 is 2.72 bits per heavy atom. The standard InChI is InChI=1S/C9H9ClFN3O3S/c10-7-2-1-6(12)9(13-7)14-4-5(3-8(14)15)18(11,16)17/h1-2,5H,3-4,12H2. The smallest absolute Gasteiger partial charge is 0.307 e. The van der Waals surface area contributed by atoms with Crippen molar-refractivity contribution in [1.82, 2.24) is 4.98 Å². The summed E-state index contributed by atoms with van der Waals surface area (Å²) in [6.45, 7) is -0.310. The van der Waals surface area contributed by atoms with Crippen LogP contribution in [-0.4, -0.2) is 31.1 Å². The van der Waals surface area contributed by atoms with Gasteiger partial charge in [-0.2, -0.15) is 8.42 Å². The third kappa shape index (κ3) is 2.39. The fourth-order valence-corrected chi connectivity index (χ4v) is 2.53. The molecule has 1 saturated heterocycles. The number of hydrogen-bond donors (Lipinski definition) is 1. The molecule has 2 rings (SSSR count). The van der Waals surface area contributed by atoms with E-state index < -0.39 is 27.8 Å². The molecule has 1 aliphatic rings. The van der Waals surface area contributed by atoms with Crippen molar-refractivity contribution in [3.63, 3.8) is 0 Å². The average molecular weight is 294 g/mol. The van der Waals surface area contributed by atoms with E-state index in [1.807, 2.05) is 0 Å². The van der Waals surface area contributed by atoms with Crippen LogP contribution in [0.3, 0.4) is 0 Å². The zero-order valence-electron chi connectivity index (χ0n) is 9.01. The summed E-state index contributed by atoms with van der Waals surface area (Å²) in [4.78, 5) is 16.5. The Kier molecular flexibility index (Phi) is 3.16. The number of carbonyl (C=O) groups excluding carboxylic acids is 1. The van der Waals surface area contributed by atoms with E-state index in [9.17, 15) is 17.1 Å². The summed E-state index contributed by atoms with van der Waals surface area (Å²) < 4.78 is 34.4. The first-order valence-electron chi connectivity index (χ1n) is 4.95. The maximum atomic E-state index is 12.9. The SMILES string of the molecule is Nc1ccc(Cl)nc1N1CC(S(=O)(=O)F)CC1=O. The number of amides is 1. The number of hydrogen-bond acceptors (Lipinski definition) is 5. The van der Waals surface area contributed by atoms with Gasteiger partial charge in [0.1, 0.15) is 10.4 Å². The van der Waals surface area contributed by atoms with Crippen LogP contribution in [0.25, 0.3) is 0 Å². The van der Waals surface area contributed by atoms with Crippen LogP contribution in [-0.2, 0) is 15.0 Å². The van der Waals surface area contributed by atoms with Gasteiger partial charge in [0.25, 0.3) is 0 Å². The van der Waals surface area contributed by atoms with E-state index in [0.29, 0.717) is 0 Å². The molecule has 1 fully saturated rings. The molecule has 1 aromatic rings. The van der Waals surface area contributed by atoms with Gasteiger partial charge in [-0.25, -0.2) is 4.98 Å². The van der Waals surface area contributed by atoms with Gasteiger partial charge in [0.05, 0.1) is 5.69 Å². The fraction of sp³-hybridized carbons (Fsp3) is 0.333. The van der Waals surface area contributed by atoms with Crippen LogP contribution in [0.15, 0.2) is 12.1 Å². The number of nitrogens with two attached hydrogens (primary N) is 1. The first kappa shape index (κ1) is 13.0. The van der Waals surface area contributed by atoms with Crippen molar-refractivity contribution < 1.29 is 17.1 Å². The van der Waals surface area contributed by atoms with Gasteiger partial charge in [-0.05, 0) is 12.1 Å². The normalized spacial score (nSPS) is 20.4. The Balaban J connectivity index is 2.35. The average Bonchev–Trinajstić information content (AvgIpc) is 2.64. The van der Waals surface area contributed by atoms with Gasteiger partial charge < -0.3 is 5.73 Å². The van der Waals surface area contributed by atoms with Crippen LogP contribution in [0, 0.1) is 0 Å². The molecule has 18 heavy (non-hydrogen) atoms. The molecular weight excluding hydrogens is 285 g/mol. The lowest BCUT2D eigenvalue weighted by molar-refractivity contribution is -0.117. The summed E-state index contributed by atoms with van der Waals surface area (Å²) in [5.41, 5.74) is 5.80. The second-order valence-electron chi connectivity index (χ2n) is 3.85. The van der Waals surface area contributed by atoms with Crippen molar-refractivity contribution in [1.29, 1.82) is 0 Å². The molecule has 1 unspecified atom stereocenters. The van der Waals surface area contributed by atoms with Gasteiger partial charge in [0.2, 0.25) is 5.91 Å². The first-order chi connectivity index (χ1) is 8.29. The van der Waals surface area contributed by atoms with Gasteiger partial charge in [-0.15, -0.1) is 3.89 Å². The maximum Gasteiger partial charge on any atom is 0.307 e. The molecule has 2 heterocycles. The molecule has 0 bridgehead atoms. The molecule has 0 spiro atoms. The quantitative estimate of drug-likeness (QED) is 0.640. The van der Waals surface area contributed by atoms with Crippen LogP contribution in [0.5, 0.6) is 0 Å². The summed E-state index contributed by atoms with van der Waals surface area (Å²) in [5, 5.41) is -1.27. The van der Waals surface area contributed by atoms with Gasteiger partial charge >= 0.3 is 10.2 Å². The lowest BCUT2D eigenvalue weighted by atomic mass is 10.3. The van der Waals surface area contributed by atoms with E-state index in [2.05, 4.69) is 4.98 Å². The molecule has 98 valence electrons. The second-order valence-corrected chi connectivity index (χ2v) is 5.86. The number of carbonyl (C=O) groups is 1. The molecule has 1 atom stereocenters. The molecular formula is C9H9ClFN3O3S. The number of halogens is 2. The van der Waals surface area contributed by atoms with Crippen LogP contribution in [0.1, 0.15) is 6.42 Å². The molecule has 0 saturated carbocycles. The number of pyridine rings is 1. The number of rotatable bonds is 2. The van der Waals surface area contributed by atoms with E-state index in [1.165, 1.54) is 12.1 Å². The number of anilines is 2. The Bertz CT molecular complexity index is 607. The van der Waals surface area contributed by atoms with Crippen molar-refractivity contribution in [2.24, 2.45) is 0 Å². The minimum atomic E-state index is -4.76. The van der Waals surface area contributed by atoms with Gasteiger partial charge in [0.15, 0.2) is 5.82 Å². The summed E-state index contributed by atoms with van der Waals surface area (Å²) in [6, 6.07) is 2.87. The van der Waals surface area contributed by atoms with Crippen molar-refractivity contribution in [2.75, 3.05) is 17.2 Å². The van der Waals surface area contributed by atoms with E-state index in [4.69, 9.17) is 17.3 Å². The Morgan fingerprint density at radius 1 is 1.50 bits per heavy atom. The number of nitrogen functional groups attached to an aromatic ring is 1. The first-order valence-corrected chi connectivity index (χ1v) is 6.77. The topological polar surface area (TPSA) is 93.4 Å². The molecule has 1 aliphatic heterocycles. The van der Waals surface area contributed by atoms with Gasteiger partial charge in [-0.1, -0.05) is 11.6 Å². The van der Waals surface area contributed by atoms with Crippen LogP contribution >= 0.6 is 11.6 Å². The highest BCUT2D eigenvalue weighted by Gasteiger charge is 2.40. The predicted molar refractivity (Wildman–Crippen MR) is 64.4 cm³/mol. The lowest BCUT2D eigenvalue weighted by Gasteiger charge is -2.16. The number of nitrogens with zero attached hydrogens (tertiary/aromatic N) is 2. The van der Waals surface area contributed by atoms with E-state index in [0.717, 1.165) is 4.90 Å². The van der Waals surface area contributed by atoms with Gasteiger partial charge in [-0.3, -0.25) is 9.69 Å². The van der Waals surface area contributed by atoms with Gasteiger partial charge in [0, 0.05) is 13.0 Å². The minimum Gasteiger partial charge on any atom is -0.396 e. The van der Waals surface area contributed by atoms with Crippen LogP contribution in [0.4, 0.5) is 15.4 Å². The molecule has 1 amide bonds. The monoisotopic (exact) mass is 293 g/mol. The predicted octanol–water partition coefficient (Wildman–Crippen LogP) is 0.722. The zero-order valence-corrected chi connectivity index (χ0v) is 10.6. The highest BCUT2D eigenvalue weighted by molar-refractivity contribution is 7.87. The third-order valence-electron chi connectivity index (χ3n) is 2.61. The summed E-state index contributed by atoms with van der Waals surface area (Å²) in [7, 11) is -4.76. The van der Waals surface area contributed by atoms with E-state index in [1.54, 1.807) is 0 Å². The molecule has 1 aromatic heterocycles. The molecule has 0 aromatic carbocycles. The summed E-state index contributed by atoms with van der Waals surface area (Å²) in [5.74, 6) is -0.499. The molecule has 0 radical (unpaired) electrons. The molecule has 2 N–H and O–H groups in total. The maximum absolute atomic E-state index is 12.9. The van der Waals surface area contributed by atoms with Crippen LogP contribution < -0.4 is 10.6 Å². The Labute approximate surface area is 108 Å². The zero-order chi connectivity index (χ0) is 13.5. The molecule has 9 heteroatoms. The van der Waals surface area contributed by atoms with Crippen molar-refractivity contribution >= 4 is 39.2 Å². The number of aromatic nitrogens is 1. The Morgan fingerprint density at radius 2 is 2.17 bits per heavy atom. The van der Waals surface area contributed by atoms with E-state index >= 15 is 0 Å². The highest BCUT2D eigenvalue weighted by atomic mass is 35.5. The molecule has 6 nitrogen and oxygen atoms in total. The summed E-state index contributed by atoms with van der Waals surface area (Å²) >= 11 is 5.67. The van der Waals surface area contributed by atoms with Crippen molar-refractivity contribution in [3.8, 4) is 0 Å². The molecule has 0 aliphatic carbocycles.